The average Bonchev–Trinajstić information content (AvgIpc) is 3.12. The van der Waals surface area contributed by atoms with E-state index in [2.05, 4.69) is 25.9 Å². The van der Waals surface area contributed by atoms with Crippen molar-refractivity contribution in [1.29, 1.82) is 0 Å². The van der Waals surface area contributed by atoms with Gasteiger partial charge in [0, 0.05) is 24.2 Å². The van der Waals surface area contributed by atoms with Crippen LogP contribution in [0.5, 0.6) is 0 Å². The number of H-pyrrole nitrogens is 1. The van der Waals surface area contributed by atoms with E-state index in [0.717, 1.165) is 4.31 Å². The Bertz CT molecular complexity index is 1220. The lowest BCUT2D eigenvalue weighted by molar-refractivity contribution is 0.0583. The van der Waals surface area contributed by atoms with Crippen LogP contribution in [-0.2, 0) is 14.8 Å². The van der Waals surface area contributed by atoms with Gasteiger partial charge in [-0.05, 0) is 46.3 Å². The van der Waals surface area contributed by atoms with Gasteiger partial charge >= 0.3 is 0 Å². The second kappa shape index (κ2) is 8.97. The summed E-state index contributed by atoms with van der Waals surface area (Å²) in [6.45, 7) is 0.285. The molecule has 1 aliphatic heterocycles. The zero-order chi connectivity index (χ0) is 22.2. The molecule has 0 radical (unpaired) electrons. The molecular formula is C20H18BrClFN3O4S. The van der Waals surface area contributed by atoms with Crippen LogP contribution in [0.1, 0.15) is 0 Å². The first-order chi connectivity index (χ1) is 14.8. The third kappa shape index (κ3) is 4.69. The van der Waals surface area contributed by atoms with Gasteiger partial charge in [0.05, 0.1) is 40.7 Å². The van der Waals surface area contributed by atoms with Crippen LogP contribution in [0.25, 0.3) is 22.6 Å². The normalized spacial score (nSPS) is 18.1. The Morgan fingerprint density at radius 3 is 2.81 bits per heavy atom. The van der Waals surface area contributed by atoms with E-state index in [1.807, 2.05) is 0 Å². The van der Waals surface area contributed by atoms with Gasteiger partial charge in [0.2, 0.25) is 10.0 Å². The van der Waals surface area contributed by atoms with Gasteiger partial charge in [0.25, 0.3) is 0 Å². The molecule has 0 bridgehead atoms. The maximum Gasteiger partial charge on any atom is 0.244 e. The summed E-state index contributed by atoms with van der Waals surface area (Å²) >= 11 is 9.34. The predicted molar refractivity (Wildman–Crippen MR) is 118 cm³/mol. The molecule has 1 fully saturated rings. The van der Waals surface area contributed by atoms with Crippen molar-refractivity contribution in [3.63, 3.8) is 0 Å². The van der Waals surface area contributed by atoms with Crippen molar-refractivity contribution in [2.24, 2.45) is 0 Å². The Balaban J connectivity index is 1.68. The number of aromatic nitrogens is 2. The predicted octanol–water partition coefficient (Wildman–Crippen LogP) is 3.68. The van der Waals surface area contributed by atoms with Crippen LogP contribution in [0.3, 0.4) is 0 Å². The van der Waals surface area contributed by atoms with Crippen molar-refractivity contribution in [2.75, 3.05) is 26.3 Å². The van der Waals surface area contributed by atoms with Crippen molar-refractivity contribution < 1.29 is 22.7 Å². The number of aliphatic hydroxyl groups is 1. The van der Waals surface area contributed by atoms with Gasteiger partial charge in [-0.25, -0.2) is 17.8 Å². The molecule has 1 unspecified atom stereocenters. The highest BCUT2D eigenvalue weighted by atomic mass is 79.9. The first-order valence-corrected chi connectivity index (χ1v) is 11.9. The van der Waals surface area contributed by atoms with Gasteiger partial charge in [0.15, 0.2) is 0 Å². The summed E-state index contributed by atoms with van der Waals surface area (Å²) in [5.74, 6) is 0.00261. The number of aliphatic hydroxyl groups excluding tert-OH is 1. The van der Waals surface area contributed by atoms with Crippen molar-refractivity contribution in [2.45, 2.75) is 11.0 Å². The molecule has 1 aliphatic rings. The first kappa shape index (κ1) is 22.4. The molecule has 1 atom stereocenters. The lowest BCUT2D eigenvalue weighted by Gasteiger charge is -2.21. The molecule has 1 aromatic heterocycles. The fourth-order valence-electron chi connectivity index (χ4n) is 3.25. The second-order valence-corrected chi connectivity index (χ2v) is 10.2. The van der Waals surface area contributed by atoms with Gasteiger partial charge in [-0.1, -0.05) is 17.7 Å². The molecule has 11 heteroatoms. The summed E-state index contributed by atoms with van der Waals surface area (Å²) in [7, 11) is -3.97. The Labute approximate surface area is 192 Å². The van der Waals surface area contributed by atoms with Crippen LogP contribution in [0.2, 0.25) is 5.02 Å². The molecule has 164 valence electrons. The maximum absolute atomic E-state index is 13.9. The molecule has 7 nitrogen and oxygen atoms in total. The molecule has 0 saturated carbocycles. The molecule has 0 amide bonds. The minimum Gasteiger partial charge on any atom is -0.389 e. The molecular weight excluding hydrogens is 513 g/mol. The number of halogens is 3. The summed E-state index contributed by atoms with van der Waals surface area (Å²) in [5, 5.41) is 9.97. The number of β-amino-alcohol motifs (C(OH)–C–C–N with tert-alkyl or cyclic N) is 1. The van der Waals surface area contributed by atoms with Crippen molar-refractivity contribution in [3.8, 4) is 22.6 Å². The van der Waals surface area contributed by atoms with E-state index < -0.39 is 21.9 Å². The lowest BCUT2D eigenvalue weighted by atomic mass is 10.2. The number of nitrogens with one attached hydrogen (secondary N) is 1. The smallest absolute Gasteiger partial charge is 0.244 e. The molecule has 2 heterocycles. The SMILES string of the molecule is O=S(=O)(c1cc(-c2ncc(-c3ccc(Br)c(F)c3)[nH]2)ccc1Cl)N1CCOCC(O)C1. The lowest BCUT2D eigenvalue weighted by Crippen LogP contribution is -2.37. The number of benzene rings is 2. The molecule has 0 aliphatic carbocycles. The number of imidazole rings is 1. The van der Waals surface area contributed by atoms with E-state index in [1.165, 1.54) is 18.2 Å². The van der Waals surface area contributed by atoms with Crippen LogP contribution < -0.4 is 0 Å². The zero-order valence-electron chi connectivity index (χ0n) is 16.1. The van der Waals surface area contributed by atoms with Gasteiger partial charge in [-0.3, -0.25) is 0 Å². The zero-order valence-corrected chi connectivity index (χ0v) is 19.2. The fraction of sp³-hybridized carbons (Fsp3) is 0.250. The summed E-state index contributed by atoms with van der Waals surface area (Å²) in [6.07, 6.45) is 0.627. The first-order valence-electron chi connectivity index (χ1n) is 9.32. The van der Waals surface area contributed by atoms with Crippen molar-refractivity contribution in [1.82, 2.24) is 14.3 Å². The Hall–Kier alpha value is -1.82. The van der Waals surface area contributed by atoms with Gasteiger partial charge in [-0.2, -0.15) is 4.31 Å². The van der Waals surface area contributed by atoms with Crippen molar-refractivity contribution in [3.05, 3.63) is 57.9 Å². The van der Waals surface area contributed by atoms with Crippen LogP contribution in [0.4, 0.5) is 4.39 Å². The number of ether oxygens (including phenoxy) is 1. The topological polar surface area (TPSA) is 95.5 Å². The highest BCUT2D eigenvalue weighted by molar-refractivity contribution is 9.10. The monoisotopic (exact) mass is 529 g/mol. The van der Waals surface area contributed by atoms with Gasteiger partial charge < -0.3 is 14.8 Å². The number of aromatic amines is 1. The second-order valence-electron chi connectivity index (χ2n) is 7.01. The quantitative estimate of drug-likeness (QED) is 0.537. The Kier molecular flexibility index (Phi) is 6.47. The Morgan fingerprint density at radius 1 is 1.26 bits per heavy atom. The van der Waals surface area contributed by atoms with E-state index in [0.29, 0.717) is 27.1 Å². The number of sulfonamides is 1. The summed E-state index contributed by atoms with van der Waals surface area (Å²) < 4.78 is 47.0. The van der Waals surface area contributed by atoms with E-state index in [9.17, 15) is 17.9 Å². The maximum atomic E-state index is 13.9. The van der Waals surface area contributed by atoms with Gasteiger partial charge in [-0.15, -0.1) is 0 Å². The minimum atomic E-state index is -3.97. The minimum absolute atomic E-state index is 0.0603. The molecule has 31 heavy (non-hydrogen) atoms. The third-order valence-corrected chi connectivity index (χ3v) is 7.83. The van der Waals surface area contributed by atoms with E-state index in [1.54, 1.807) is 24.4 Å². The average molecular weight is 531 g/mol. The molecule has 4 rings (SSSR count). The number of rotatable bonds is 4. The molecule has 1 saturated heterocycles. The highest BCUT2D eigenvalue weighted by Gasteiger charge is 2.30. The largest absolute Gasteiger partial charge is 0.389 e. The Morgan fingerprint density at radius 2 is 2.03 bits per heavy atom. The van der Waals surface area contributed by atoms with Crippen LogP contribution in [0.15, 0.2) is 52.0 Å². The summed E-state index contributed by atoms with van der Waals surface area (Å²) in [6, 6.07) is 9.25. The van der Waals surface area contributed by atoms with E-state index in [-0.39, 0.29) is 36.2 Å². The molecule has 2 N–H and O–H groups in total. The third-order valence-electron chi connectivity index (χ3n) is 4.84. The number of nitrogens with zero attached hydrogens (tertiary/aromatic N) is 2. The number of hydrogen-bond acceptors (Lipinski definition) is 5. The molecule has 3 aromatic rings. The van der Waals surface area contributed by atoms with E-state index in [4.69, 9.17) is 16.3 Å². The number of hydrogen-bond donors (Lipinski definition) is 2. The summed E-state index contributed by atoms with van der Waals surface area (Å²) in [4.78, 5) is 7.30. The van der Waals surface area contributed by atoms with E-state index >= 15 is 0 Å². The molecule has 0 spiro atoms. The summed E-state index contributed by atoms with van der Waals surface area (Å²) in [5.41, 5.74) is 1.67. The van der Waals surface area contributed by atoms with Crippen LogP contribution in [0, 0.1) is 5.82 Å². The van der Waals surface area contributed by atoms with Crippen LogP contribution in [-0.4, -0.2) is 60.2 Å². The van der Waals surface area contributed by atoms with Crippen LogP contribution >= 0.6 is 27.5 Å². The van der Waals surface area contributed by atoms with Crippen molar-refractivity contribution >= 4 is 37.6 Å². The fourth-order valence-corrected chi connectivity index (χ4v) is 5.46. The highest BCUT2D eigenvalue weighted by Crippen LogP contribution is 2.31. The standard InChI is InChI=1S/C20H18BrClFN3O4S/c21-15-3-1-12(7-17(15)23)18-9-24-20(25-18)13-2-4-16(22)19(8-13)31(28,29)26-5-6-30-11-14(27)10-26/h1-4,7-9,14,27H,5-6,10-11H2,(H,24,25). The molecule has 2 aromatic carbocycles. The van der Waals surface area contributed by atoms with Gasteiger partial charge in [0.1, 0.15) is 16.5 Å².